The number of piperidine rings is 1. The van der Waals surface area contributed by atoms with Crippen LogP contribution in [-0.4, -0.2) is 55.9 Å². The molecule has 1 N–H and O–H groups in total. The normalized spacial score (nSPS) is 22.3. The zero-order valence-electron chi connectivity index (χ0n) is 23.6. The zero-order valence-corrected chi connectivity index (χ0v) is 23.6. The lowest BCUT2D eigenvalue weighted by Crippen LogP contribution is -2.47. The number of hydrogen-bond acceptors (Lipinski definition) is 6. The number of methoxy groups -OCH3 is 2. The van der Waals surface area contributed by atoms with Crippen molar-refractivity contribution in [3.8, 4) is 11.5 Å². The highest BCUT2D eigenvalue weighted by Crippen LogP contribution is 2.45. The molecule has 0 aliphatic carbocycles. The Bertz CT molecular complexity index is 914. The summed E-state index contributed by atoms with van der Waals surface area (Å²) in [5, 5.41) is 9.23. The first-order valence-electron chi connectivity index (χ1n) is 14.0. The molecule has 0 saturated carbocycles. The Balaban J connectivity index is 1.68. The number of rotatable bonds is 13. The van der Waals surface area contributed by atoms with Crippen LogP contribution < -0.4 is 9.47 Å². The van der Waals surface area contributed by atoms with E-state index in [-0.39, 0.29) is 36.7 Å². The van der Waals surface area contributed by atoms with Gasteiger partial charge in [0.1, 0.15) is 0 Å². The summed E-state index contributed by atoms with van der Waals surface area (Å²) in [5.41, 5.74) is 2.61. The molecule has 208 valence electrons. The van der Waals surface area contributed by atoms with Crippen LogP contribution in [0.5, 0.6) is 11.5 Å². The highest BCUT2D eigenvalue weighted by molar-refractivity contribution is 5.70. The fourth-order valence-corrected chi connectivity index (χ4v) is 6.39. The maximum atomic E-state index is 12.7. The third kappa shape index (κ3) is 8.10. The average molecular weight is 518 g/mol. The molecule has 1 saturated heterocycles. The van der Waals surface area contributed by atoms with Crippen LogP contribution in [0.4, 0.5) is 0 Å². The number of carboxylic acids is 1. The Kier molecular flexibility index (Phi) is 10.7. The molecule has 2 aliphatic rings. The second kappa shape index (κ2) is 13.5. The number of carbonyl (C=O) groups excluding carboxylic acids is 1. The molecule has 2 heterocycles. The number of nitrogens with zero attached hydrogens (tertiary/aromatic N) is 1. The number of hydrogen-bond donors (Lipinski definition) is 1. The van der Waals surface area contributed by atoms with Crippen molar-refractivity contribution in [3.63, 3.8) is 0 Å². The molecule has 1 fully saturated rings. The van der Waals surface area contributed by atoms with Crippen molar-refractivity contribution in [1.82, 2.24) is 4.90 Å². The smallest absolute Gasteiger partial charge is 0.305 e. The van der Waals surface area contributed by atoms with Crippen molar-refractivity contribution in [2.45, 2.75) is 78.7 Å². The first-order valence-corrected chi connectivity index (χ1v) is 14.0. The van der Waals surface area contributed by atoms with Gasteiger partial charge in [0.05, 0.1) is 20.8 Å². The molecule has 7 heteroatoms. The molecule has 7 nitrogen and oxygen atoms in total. The molecule has 3 rings (SSSR count). The predicted molar refractivity (Wildman–Crippen MR) is 144 cm³/mol. The minimum absolute atomic E-state index is 0.00712. The number of carbonyl (C=O) groups is 2. The lowest BCUT2D eigenvalue weighted by molar-refractivity contribution is -0.148. The van der Waals surface area contributed by atoms with E-state index in [2.05, 4.69) is 44.7 Å². The summed E-state index contributed by atoms with van der Waals surface area (Å²) in [6.45, 7) is 11.1. The van der Waals surface area contributed by atoms with Gasteiger partial charge in [-0.3, -0.25) is 14.5 Å². The maximum absolute atomic E-state index is 12.7. The summed E-state index contributed by atoms with van der Waals surface area (Å²) < 4.78 is 17.0. The van der Waals surface area contributed by atoms with Gasteiger partial charge in [-0.15, -0.1) is 0 Å². The van der Waals surface area contributed by atoms with Gasteiger partial charge < -0.3 is 19.3 Å². The van der Waals surface area contributed by atoms with Crippen LogP contribution in [0.2, 0.25) is 0 Å². The number of fused-ring (bicyclic) bond motifs is 3. The van der Waals surface area contributed by atoms with Crippen LogP contribution in [0.3, 0.4) is 0 Å². The third-order valence-electron chi connectivity index (χ3n) is 8.03. The van der Waals surface area contributed by atoms with Gasteiger partial charge in [-0.2, -0.15) is 0 Å². The lowest BCUT2D eigenvalue weighted by Gasteiger charge is -2.47. The molecule has 0 radical (unpaired) electrons. The van der Waals surface area contributed by atoms with Crippen molar-refractivity contribution < 1.29 is 28.9 Å². The summed E-state index contributed by atoms with van der Waals surface area (Å²) >= 11 is 0. The van der Waals surface area contributed by atoms with E-state index in [4.69, 9.17) is 14.2 Å². The Morgan fingerprint density at radius 2 is 1.76 bits per heavy atom. The van der Waals surface area contributed by atoms with E-state index in [0.29, 0.717) is 30.8 Å². The van der Waals surface area contributed by atoms with Gasteiger partial charge in [-0.05, 0) is 85.0 Å². The van der Waals surface area contributed by atoms with Crippen molar-refractivity contribution in [2.75, 3.05) is 33.9 Å². The first kappa shape index (κ1) is 29.3. The summed E-state index contributed by atoms with van der Waals surface area (Å²) in [4.78, 5) is 26.6. The minimum atomic E-state index is -0.802. The van der Waals surface area contributed by atoms with E-state index < -0.39 is 5.97 Å². The fraction of sp³-hybridized carbons (Fsp3) is 0.733. The van der Waals surface area contributed by atoms with Crippen LogP contribution >= 0.6 is 0 Å². The quantitative estimate of drug-likeness (QED) is 0.334. The molecular weight excluding hydrogens is 470 g/mol. The van der Waals surface area contributed by atoms with Crippen LogP contribution in [0.15, 0.2) is 12.1 Å². The van der Waals surface area contributed by atoms with Gasteiger partial charge in [-0.25, -0.2) is 0 Å². The molecule has 2 aliphatic heterocycles. The minimum Gasteiger partial charge on any atom is -0.493 e. The number of carboxylic acid groups (broad SMARTS) is 1. The summed E-state index contributed by atoms with van der Waals surface area (Å²) in [5.74, 6) is 2.27. The average Bonchev–Trinajstić information content (AvgIpc) is 2.83. The van der Waals surface area contributed by atoms with Gasteiger partial charge in [0.2, 0.25) is 0 Å². The zero-order chi connectivity index (χ0) is 27.1. The lowest BCUT2D eigenvalue weighted by atomic mass is 9.74. The summed E-state index contributed by atoms with van der Waals surface area (Å²) in [6.07, 6.45) is 4.81. The molecule has 4 atom stereocenters. The Labute approximate surface area is 222 Å². The van der Waals surface area contributed by atoms with Crippen molar-refractivity contribution in [2.24, 2.45) is 29.6 Å². The highest BCUT2D eigenvalue weighted by Gasteiger charge is 2.40. The van der Waals surface area contributed by atoms with Crippen molar-refractivity contribution in [3.05, 3.63) is 23.3 Å². The molecule has 0 amide bonds. The second-order valence-electron chi connectivity index (χ2n) is 11.9. The van der Waals surface area contributed by atoms with E-state index in [0.717, 1.165) is 50.3 Å². The van der Waals surface area contributed by atoms with Crippen molar-refractivity contribution in [1.29, 1.82) is 0 Å². The highest BCUT2D eigenvalue weighted by atomic mass is 16.5. The van der Waals surface area contributed by atoms with E-state index in [1.807, 2.05) is 0 Å². The van der Waals surface area contributed by atoms with Crippen LogP contribution in [0.25, 0.3) is 0 Å². The van der Waals surface area contributed by atoms with Crippen LogP contribution in [0.1, 0.15) is 83.4 Å². The molecule has 0 aromatic heterocycles. The Morgan fingerprint density at radius 3 is 2.38 bits per heavy atom. The van der Waals surface area contributed by atoms with Crippen LogP contribution in [0, 0.1) is 29.6 Å². The molecular formula is C30H47NO6. The van der Waals surface area contributed by atoms with E-state index >= 15 is 0 Å². The van der Waals surface area contributed by atoms with Crippen molar-refractivity contribution >= 4 is 11.9 Å². The molecule has 0 bridgehead atoms. The van der Waals surface area contributed by atoms with Gasteiger partial charge in [-0.1, -0.05) is 27.7 Å². The van der Waals surface area contributed by atoms with Gasteiger partial charge in [0.15, 0.2) is 11.5 Å². The van der Waals surface area contributed by atoms with E-state index in [1.54, 1.807) is 14.2 Å². The van der Waals surface area contributed by atoms with Gasteiger partial charge in [0, 0.05) is 32.0 Å². The second-order valence-corrected chi connectivity index (χ2v) is 11.9. The first-order chi connectivity index (χ1) is 17.6. The SMILES string of the molecule is COc1cc2c(cc1OC)[C@H]1C[C@@H](COC(=O)CC[C@@H](CC(=O)O)CC(C)C)[C@H](CC(C)C)CN1CC2. The summed E-state index contributed by atoms with van der Waals surface area (Å²) in [7, 11) is 3.35. The van der Waals surface area contributed by atoms with E-state index in [9.17, 15) is 14.7 Å². The van der Waals surface area contributed by atoms with Gasteiger partial charge in [0.25, 0.3) is 0 Å². The monoisotopic (exact) mass is 517 g/mol. The maximum Gasteiger partial charge on any atom is 0.305 e. The number of ether oxygens (including phenoxy) is 3. The number of aliphatic carboxylic acids is 1. The molecule has 37 heavy (non-hydrogen) atoms. The van der Waals surface area contributed by atoms with E-state index in [1.165, 1.54) is 11.1 Å². The molecule has 0 spiro atoms. The number of esters is 1. The number of benzene rings is 1. The third-order valence-corrected chi connectivity index (χ3v) is 8.03. The van der Waals surface area contributed by atoms with Gasteiger partial charge >= 0.3 is 11.9 Å². The summed E-state index contributed by atoms with van der Waals surface area (Å²) in [6, 6.07) is 4.53. The Hall–Kier alpha value is -2.28. The molecule has 1 aromatic carbocycles. The molecule has 1 aromatic rings. The predicted octanol–water partition coefficient (Wildman–Crippen LogP) is 5.75. The largest absolute Gasteiger partial charge is 0.493 e. The van der Waals surface area contributed by atoms with Crippen LogP contribution in [-0.2, 0) is 20.7 Å². The standard InChI is InChI=1S/C30H47NO6/c1-19(2)11-21(13-29(32)33)7-8-30(34)37-18-24-14-26-25-16-28(36-6)27(35-5)15-22(25)9-10-31(26)17-23(24)12-20(3)4/h15-16,19-21,23-24,26H,7-14,17-18H2,1-6H3,(H,32,33)/t21-,23-,24+,26-/m1/s1. The molecule has 0 unspecified atom stereocenters. The fourth-order valence-electron chi connectivity index (χ4n) is 6.39. The topological polar surface area (TPSA) is 85.3 Å². The Morgan fingerprint density at radius 1 is 1.05 bits per heavy atom.